The Morgan fingerprint density at radius 1 is 1.38 bits per heavy atom. The van der Waals surface area contributed by atoms with Crippen molar-refractivity contribution in [3.63, 3.8) is 0 Å². The summed E-state index contributed by atoms with van der Waals surface area (Å²) in [6.45, 7) is 10.0. The molecule has 2 unspecified atom stereocenters. The van der Waals surface area contributed by atoms with Gasteiger partial charge in [-0.15, -0.1) is 0 Å². The van der Waals surface area contributed by atoms with Crippen LogP contribution in [0.25, 0.3) is 0 Å². The third kappa shape index (κ3) is 3.46. The van der Waals surface area contributed by atoms with E-state index in [1.165, 1.54) is 32.1 Å². The van der Waals surface area contributed by atoms with Crippen molar-refractivity contribution in [1.29, 1.82) is 0 Å². The lowest BCUT2D eigenvalue weighted by Gasteiger charge is -2.36. The number of rotatable bonds is 6. The van der Waals surface area contributed by atoms with Crippen molar-refractivity contribution in [1.82, 2.24) is 5.32 Å². The molecule has 0 aliphatic heterocycles. The molecule has 0 amide bonds. The summed E-state index contributed by atoms with van der Waals surface area (Å²) in [6.07, 6.45) is 7.54. The fraction of sp³-hybridized carbons (Fsp3) is 1.00. The van der Waals surface area contributed by atoms with Crippen LogP contribution in [0.3, 0.4) is 0 Å². The van der Waals surface area contributed by atoms with E-state index in [4.69, 9.17) is 5.73 Å². The topological polar surface area (TPSA) is 38.0 Å². The Balaban J connectivity index is 2.55. The minimum absolute atomic E-state index is 0.194. The average Bonchev–Trinajstić information content (AvgIpc) is 2.57. The van der Waals surface area contributed by atoms with Crippen LogP contribution in [0.2, 0.25) is 0 Å². The molecule has 0 heterocycles. The maximum atomic E-state index is 5.99. The number of hydrogen-bond acceptors (Lipinski definition) is 2. The molecule has 0 aromatic heterocycles. The fourth-order valence-corrected chi connectivity index (χ4v) is 3.13. The largest absolute Gasteiger partial charge is 0.329 e. The molecule has 2 nitrogen and oxygen atoms in total. The van der Waals surface area contributed by atoms with Gasteiger partial charge in [-0.3, -0.25) is 0 Å². The lowest BCUT2D eigenvalue weighted by Crippen LogP contribution is -2.54. The van der Waals surface area contributed by atoms with Gasteiger partial charge in [-0.1, -0.05) is 34.1 Å². The second-order valence-corrected chi connectivity index (χ2v) is 6.34. The zero-order valence-corrected chi connectivity index (χ0v) is 11.6. The van der Waals surface area contributed by atoms with Gasteiger partial charge in [0, 0.05) is 18.1 Å². The zero-order valence-electron chi connectivity index (χ0n) is 11.6. The normalized spacial score (nSPS) is 27.9. The van der Waals surface area contributed by atoms with Crippen LogP contribution in [0.1, 0.15) is 66.2 Å². The molecule has 2 heteroatoms. The molecule has 1 aliphatic rings. The molecule has 0 aromatic carbocycles. The highest BCUT2D eigenvalue weighted by molar-refractivity contribution is 4.95. The van der Waals surface area contributed by atoms with Crippen LogP contribution in [-0.2, 0) is 0 Å². The predicted octanol–water partition coefficient (Wildman–Crippen LogP) is 3.06. The molecule has 1 fully saturated rings. The van der Waals surface area contributed by atoms with Crippen LogP contribution in [0.5, 0.6) is 0 Å². The Bertz CT molecular complexity index is 207. The van der Waals surface area contributed by atoms with Gasteiger partial charge in [0.25, 0.3) is 0 Å². The van der Waals surface area contributed by atoms with Gasteiger partial charge in [0.1, 0.15) is 0 Å². The van der Waals surface area contributed by atoms with Crippen molar-refractivity contribution in [3.05, 3.63) is 0 Å². The summed E-state index contributed by atoms with van der Waals surface area (Å²) < 4.78 is 0. The minimum Gasteiger partial charge on any atom is -0.329 e. The van der Waals surface area contributed by atoms with E-state index in [0.717, 1.165) is 13.0 Å². The second-order valence-electron chi connectivity index (χ2n) is 6.34. The molecule has 0 saturated heterocycles. The van der Waals surface area contributed by atoms with E-state index in [2.05, 4.69) is 33.0 Å². The van der Waals surface area contributed by atoms with Gasteiger partial charge < -0.3 is 11.1 Å². The lowest BCUT2D eigenvalue weighted by atomic mass is 9.88. The van der Waals surface area contributed by atoms with Crippen molar-refractivity contribution < 1.29 is 0 Å². The summed E-state index contributed by atoms with van der Waals surface area (Å²) in [5.41, 5.74) is 6.71. The molecule has 96 valence electrons. The Labute approximate surface area is 101 Å². The fourth-order valence-electron chi connectivity index (χ4n) is 3.13. The van der Waals surface area contributed by atoms with Gasteiger partial charge in [-0.25, -0.2) is 0 Å². The quantitative estimate of drug-likeness (QED) is 0.730. The SMILES string of the molecule is CCCC(CC)(CN)NC1CCC(C)(C)C1. The summed E-state index contributed by atoms with van der Waals surface area (Å²) in [6, 6.07) is 0.685. The van der Waals surface area contributed by atoms with Gasteiger partial charge in [0.05, 0.1) is 0 Å². The zero-order chi connectivity index (χ0) is 12.2. The third-order valence-corrected chi connectivity index (χ3v) is 4.27. The van der Waals surface area contributed by atoms with E-state index >= 15 is 0 Å². The van der Waals surface area contributed by atoms with Gasteiger partial charge >= 0.3 is 0 Å². The van der Waals surface area contributed by atoms with Crippen LogP contribution in [0, 0.1) is 5.41 Å². The third-order valence-electron chi connectivity index (χ3n) is 4.27. The average molecular weight is 226 g/mol. The van der Waals surface area contributed by atoms with E-state index in [1.54, 1.807) is 0 Å². The molecule has 0 radical (unpaired) electrons. The molecule has 0 spiro atoms. The second kappa shape index (κ2) is 5.50. The maximum Gasteiger partial charge on any atom is 0.0303 e. The van der Waals surface area contributed by atoms with E-state index < -0.39 is 0 Å². The summed E-state index contributed by atoms with van der Waals surface area (Å²) >= 11 is 0. The van der Waals surface area contributed by atoms with Crippen LogP contribution in [-0.4, -0.2) is 18.1 Å². The van der Waals surface area contributed by atoms with E-state index in [0.29, 0.717) is 11.5 Å². The van der Waals surface area contributed by atoms with E-state index in [1.807, 2.05) is 0 Å². The molecular formula is C14H30N2. The Kier molecular flexibility index (Phi) is 4.81. The van der Waals surface area contributed by atoms with Crippen molar-refractivity contribution in [2.24, 2.45) is 11.1 Å². The van der Waals surface area contributed by atoms with E-state index in [-0.39, 0.29) is 5.54 Å². The van der Waals surface area contributed by atoms with Gasteiger partial charge in [0.2, 0.25) is 0 Å². The number of hydrogen-bond donors (Lipinski definition) is 2. The molecule has 1 saturated carbocycles. The smallest absolute Gasteiger partial charge is 0.0303 e. The molecule has 0 bridgehead atoms. The first-order valence-electron chi connectivity index (χ1n) is 6.95. The molecule has 0 aromatic rings. The van der Waals surface area contributed by atoms with Crippen LogP contribution >= 0.6 is 0 Å². The van der Waals surface area contributed by atoms with Crippen LogP contribution in [0.15, 0.2) is 0 Å². The Morgan fingerprint density at radius 2 is 2.06 bits per heavy atom. The molecular weight excluding hydrogens is 196 g/mol. The highest BCUT2D eigenvalue weighted by Crippen LogP contribution is 2.38. The summed E-state index contributed by atoms with van der Waals surface area (Å²) in [5, 5.41) is 3.86. The lowest BCUT2D eigenvalue weighted by molar-refractivity contribution is 0.251. The standard InChI is InChI=1S/C14H30N2/c1-5-8-14(6-2,11-15)16-12-7-9-13(3,4)10-12/h12,16H,5-11,15H2,1-4H3. The summed E-state index contributed by atoms with van der Waals surface area (Å²) in [5.74, 6) is 0. The molecule has 3 N–H and O–H groups in total. The molecule has 16 heavy (non-hydrogen) atoms. The van der Waals surface area contributed by atoms with Gasteiger partial charge in [0.15, 0.2) is 0 Å². The first-order chi connectivity index (χ1) is 7.47. The van der Waals surface area contributed by atoms with Crippen molar-refractivity contribution in [2.75, 3.05) is 6.54 Å². The summed E-state index contributed by atoms with van der Waals surface area (Å²) in [4.78, 5) is 0. The Morgan fingerprint density at radius 3 is 2.44 bits per heavy atom. The first-order valence-corrected chi connectivity index (χ1v) is 6.95. The van der Waals surface area contributed by atoms with Crippen LogP contribution in [0.4, 0.5) is 0 Å². The molecule has 1 rings (SSSR count). The van der Waals surface area contributed by atoms with Gasteiger partial charge in [-0.2, -0.15) is 0 Å². The molecule has 2 atom stereocenters. The van der Waals surface area contributed by atoms with Crippen LogP contribution < -0.4 is 11.1 Å². The molecule has 1 aliphatic carbocycles. The van der Waals surface area contributed by atoms with Gasteiger partial charge in [-0.05, 0) is 37.5 Å². The predicted molar refractivity (Wildman–Crippen MR) is 71.5 cm³/mol. The van der Waals surface area contributed by atoms with E-state index in [9.17, 15) is 0 Å². The monoisotopic (exact) mass is 226 g/mol. The summed E-state index contributed by atoms with van der Waals surface area (Å²) in [7, 11) is 0. The van der Waals surface area contributed by atoms with Crippen molar-refractivity contribution in [3.8, 4) is 0 Å². The van der Waals surface area contributed by atoms with Crippen molar-refractivity contribution in [2.45, 2.75) is 77.8 Å². The highest BCUT2D eigenvalue weighted by Gasteiger charge is 2.35. The minimum atomic E-state index is 0.194. The maximum absolute atomic E-state index is 5.99. The number of nitrogens with two attached hydrogens (primary N) is 1. The number of nitrogens with one attached hydrogen (secondary N) is 1. The van der Waals surface area contributed by atoms with Crippen molar-refractivity contribution >= 4 is 0 Å². The Hall–Kier alpha value is -0.0800. The first kappa shape index (κ1) is 14.0. The highest BCUT2D eigenvalue weighted by atomic mass is 15.0.